The van der Waals surface area contributed by atoms with Gasteiger partial charge in [-0.15, -0.1) is 0 Å². The number of rotatable bonds is 7. The lowest BCUT2D eigenvalue weighted by atomic mass is 9.98. The van der Waals surface area contributed by atoms with Crippen LogP contribution in [0.2, 0.25) is 0 Å². The Morgan fingerprint density at radius 3 is 2.29 bits per heavy atom. The number of carbonyl (C=O) groups is 1. The van der Waals surface area contributed by atoms with Gasteiger partial charge in [0.25, 0.3) is 0 Å². The molecule has 2 aromatic carbocycles. The third-order valence-electron chi connectivity index (χ3n) is 4.70. The lowest BCUT2D eigenvalue weighted by Crippen LogP contribution is -2.52. The van der Waals surface area contributed by atoms with Gasteiger partial charge in [-0.05, 0) is 24.1 Å². The van der Waals surface area contributed by atoms with E-state index in [1.807, 2.05) is 42.2 Å². The molecule has 126 valence electrons. The van der Waals surface area contributed by atoms with E-state index in [-0.39, 0.29) is 5.91 Å². The summed E-state index contributed by atoms with van der Waals surface area (Å²) in [5.41, 5.74) is 2.42. The summed E-state index contributed by atoms with van der Waals surface area (Å²) in [4.78, 5) is 16.7. The van der Waals surface area contributed by atoms with Gasteiger partial charge in [-0.3, -0.25) is 4.79 Å². The van der Waals surface area contributed by atoms with Gasteiger partial charge >= 0.3 is 0 Å². The third-order valence-corrected chi connectivity index (χ3v) is 4.70. The van der Waals surface area contributed by atoms with Gasteiger partial charge < -0.3 is 9.80 Å². The summed E-state index contributed by atoms with van der Waals surface area (Å²) in [5.74, 6) is 0.792. The lowest BCUT2D eigenvalue weighted by molar-refractivity contribution is -0.118. The molecule has 1 fully saturated rings. The predicted octanol–water partition coefficient (Wildman–Crippen LogP) is 3.60. The summed E-state index contributed by atoms with van der Waals surface area (Å²) in [6, 6.07) is 20.7. The van der Waals surface area contributed by atoms with Crippen LogP contribution in [0.15, 0.2) is 60.7 Å². The summed E-state index contributed by atoms with van der Waals surface area (Å²) in [5, 5.41) is 0. The number of anilines is 1. The smallest absolute Gasteiger partial charge is 0.226 e. The maximum Gasteiger partial charge on any atom is 0.226 e. The zero-order valence-corrected chi connectivity index (χ0v) is 14.4. The van der Waals surface area contributed by atoms with Crippen molar-refractivity contribution in [3.05, 3.63) is 66.2 Å². The normalized spacial score (nSPS) is 15.0. The second kappa shape index (κ2) is 8.11. The molecular formula is C21H26N2O. The first-order chi connectivity index (χ1) is 11.8. The van der Waals surface area contributed by atoms with Crippen molar-refractivity contribution in [2.45, 2.75) is 19.8 Å². The van der Waals surface area contributed by atoms with Crippen molar-refractivity contribution >= 4 is 11.6 Å². The number of hydrogen-bond acceptors (Lipinski definition) is 2. The number of benzene rings is 2. The predicted molar refractivity (Wildman–Crippen MR) is 99.2 cm³/mol. The highest BCUT2D eigenvalue weighted by Crippen LogP contribution is 2.22. The largest absolute Gasteiger partial charge is 0.312 e. The number of hydrogen-bond donors (Lipinski definition) is 0. The molecule has 0 spiro atoms. The number of carbonyl (C=O) groups excluding carboxylic acids is 1. The fourth-order valence-corrected chi connectivity index (χ4v) is 3.31. The van der Waals surface area contributed by atoms with Crippen molar-refractivity contribution in [3.63, 3.8) is 0 Å². The Labute approximate surface area is 144 Å². The van der Waals surface area contributed by atoms with Crippen LogP contribution in [-0.2, 0) is 11.2 Å². The number of amides is 1. The van der Waals surface area contributed by atoms with Gasteiger partial charge in [0.05, 0.1) is 0 Å². The zero-order valence-electron chi connectivity index (χ0n) is 14.4. The van der Waals surface area contributed by atoms with E-state index >= 15 is 0 Å². The molecule has 3 rings (SSSR count). The van der Waals surface area contributed by atoms with Crippen LogP contribution < -0.4 is 4.90 Å². The van der Waals surface area contributed by atoms with E-state index < -0.39 is 0 Å². The quantitative estimate of drug-likeness (QED) is 0.777. The van der Waals surface area contributed by atoms with Crippen molar-refractivity contribution in [3.8, 4) is 0 Å². The molecule has 0 unspecified atom stereocenters. The minimum atomic E-state index is 0.212. The molecule has 0 aliphatic carbocycles. The molecule has 1 heterocycles. The van der Waals surface area contributed by atoms with E-state index in [1.165, 1.54) is 5.56 Å². The van der Waals surface area contributed by atoms with Crippen LogP contribution in [0.1, 0.15) is 18.9 Å². The molecule has 0 aromatic heterocycles. The molecule has 0 N–H and O–H groups in total. The minimum Gasteiger partial charge on any atom is -0.312 e. The van der Waals surface area contributed by atoms with Crippen LogP contribution in [0, 0.1) is 5.92 Å². The monoisotopic (exact) mass is 322 g/mol. The summed E-state index contributed by atoms with van der Waals surface area (Å²) in [6.45, 7) is 6.05. The van der Waals surface area contributed by atoms with Gasteiger partial charge in [-0.2, -0.15) is 0 Å². The summed E-state index contributed by atoms with van der Waals surface area (Å²) in [7, 11) is 0. The Hall–Kier alpha value is -2.13. The molecule has 1 amide bonds. The van der Waals surface area contributed by atoms with Crippen LogP contribution in [0.3, 0.4) is 0 Å². The second-order valence-electron chi connectivity index (χ2n) is 6.55. The van der Waals surface area contributed by atoms with Crippen molar-refractivity contribution < 1.29 is 4.79 Å². The second-order valence-corrected chi connectivity index (χ2v) is 6.55. The van der Waals surface area contributed by atoms with Crippen LogP contribution in [-0.4, -0.2) is 37.0 Å². The lowest BCUT2D eigenvalue weighted by Gasteiger charge is -2.41. The maximum absolute atomic E-state index is 12.3. The van der Waals surface area contributed by atoms with Gasteiger partial charge in [0.1, 0.15) is 0 Å². The first kappa shape index (κ1) is 16.7. The number of nitrogens with zero attached hydrogens (tertiary/aromatic N) is 2. The SMILES string of the molecule is CCC(=O)N(CC1CN(CCc2ccccc2)C1)c1ccccc1. The number of likely N-dealkylation sites (tertiary alicyclic amines) is 1. The van der Waals surface area contributed by atoms with E-state index in [4.69, 9.17) is 0 Å². The first-order valence-electron chi connectivity index (χ1n) is 8.88. The molecule has 3 nitrogen and oxygen atoms in total. The molecule has 0 bridgehead atoms. The molecule has 1 saturated heterocycles. The topological polar surface area (TPSA) is 23.6 Å². The summed E-state index contributed by atoms with van der Waals surface area (Å²) < 4.78 is 0. The van der Waals surface area contributed by atoms with Crippen LogP contribution in [0.4, 0.5) is 5.69 Å². The Kier molecular flexibility index (Phi) is 5.65. The molecule has 1 aliphatic rings. The van der Waals surface area contributed by atoms with E-state index in [9.17, 15) is 4.79 Å². The maximum atomic E-state index is 12.3. The molecule has 3 heteroatoms. The fraction of sp³-hybridized carbons (Fsp3) is 0.381. The molecule has 2 aromatic rings. The van der Waals surface area contributed by atoms with Gasteiger partial charge in [-0.25, -0.2) is 0 Å². The standard InChI is InChI=1S/C21H26N2O/c1-2-21(24)23(20-11-7-4-8-12-20)17-19-15-22(16-19)14-13-18-9-5-3-6-10-18/h3-12,19H,2,13-17H2,1H3. The van der Waals surface area contributed by atoms with Gasteiger partial charge in [0, 0.05) is 44.2 Å². The third kappa shape index (κ3) is 4.24. The van der Waals surface area contributed by atoms with Crippen molar-refractivity contribution in [2.24, 2.45) is 5.92 Å². The zero-order chi connectivity index (χ0) is 16.8. The first-order valence-corrected chi connectivity index (χ1v) is 8.88. The fourth-order valence-electron chi connectivity index (χ4n) is 3.31. The molecule has 1 aliphatic heterocycles. The highest BCUT2D eigenvalue weighted by atomic mass is 16.2. The highest BCUT2D eigenvalue weighted by molar-refractivity contribution is 5.93. The van der Waals surface area contributed by atoms with E-state index in [0.29, 0.717) is 12.3 Å². The summed E-state index contributed by atoms with van der Waals surface area (Å²) in [6.07, 6.45) is 1.66. The Balaban J connectivity index is 1.48. The van der Waals surface area contributed by atoms with Crippen LogP contribution in [0.25, 0.3) is 0 Å². The molecular weight excluding hydrogens is 296 g/mol. The van der Waals surface area contributed by atoms with Crippen LogP contribution >= 0.6 is 0 Å². The average Bonchev–Trinajstić information content (AvgIpc) is 2.61. The van der Waals surface area contributed by atoms with Crippen molar-refractivity contribution in [1.29, 1.82) is 0 Å². The molecule has 0 atom stereocenters. The van der Waals surface area contributed by atoms with E-state index in [1.54, 1.807) is 0 Å². The Morgan fingerprint density at radius 2 is 1.67 bits per heavy atom. The average molecular weight is 322 g/mol. The molecule has 0 radical (unpaired) electrons. The number of para-hydroxylation sites is 1. The van der Waals surface area contributed by atoms with Crippen molar-refractivity contribution in [1.82, 2.24) is 4.90 Å². The van der Waals surface area contributed by atoms with Gasteiger partial charge in [-0.1, -0.05) is 55.5 Å². The Morgan fingerprint density at radius 1 is 1.04 bits per heavy atom. The molecule has 24 heavy (non-hydrogen) atoms. The van der Waals surface area contributed by atoms with E-state index in [0.717, 1.165) is 38.3 Å². The van der Waals surface area contributed by atoms with Gasteiger partial charge in [0.15, 0.2) is 0 Å². The van der Waals surface area contributed by atoms with E-state index in [2.05, 4.69) is 35.2 Å². The van der Waals surface area contributed by atoms with Crippen molar-refractivity contribution in [2.75, 3.05) is 31.1 Å². The van der Waals surface area contributed by atoms with Crippen LogP contribution in [0.5, 0.6) is 0 Å². The minimum absolute atomic E-state index is 0.212. The summed E-state index contributed by atoms with van der Waals surface area (Å²) >= 11 is 0. The van der Waals surface area contributed by atoms with Gasteiger partial charge in [0.2, 0.25) is 5.91 Å². The highest BCUT2D eigenvalue weighted by Gasteiger charge is 2.29. The Bertz CT molecular complexity index is 635. The molecule has 0 saturated carbocycles.